The van der Waals surface area contributed by atoms with Gasteiger partial charge >= 0.3 is 0 Å². The number of anilines is 1. The van der Waals surface area contributed by atoms with Crippen molar-refractivity contribution in [1.82, 2.24) is 4.72 Å². The molecule has 6 nitrogen and oxygen atoms in total. The second kappa shape index (κ2) is 8.77. The first-order valence-corrected chi connectivity index (χ1v) is 9.56. The molecule has 0 radical (unpaired) electrons. The fourth-order valence-electron chi connectivity index (χ4n) is 2.13. The highest BCUT2D eigenvalue weighted by Crippen LogP contribution is 2.16. The van der Waals surface area contributed by atoms with Gasteiger partial charge in [0.1, 0.15) is 0 Å². The molecule has 0 atom stereocenters. The zero-order valence-corrected chi connectivity index (χ0v) is 15.3. The van der Waals surface area contributed by atoms with Crippen LogP contribution in [0, 0.1) is 5.82 Å². The SMILES string of the molecule is CC(C)NS(=O)(=O)c1ccc(NC(=O)CCOc2ccccc2F)cc1. The van der Waals surface area contributed by atoms with Crippen LogP contribution < -0.4 is 14.8 Å². The summed E-state index contributed by atoms with van der Waals surface area (Å²) >= 11 is 0. The van der Waals surface area contributed by atoms with Crippen LogP contribution in [-0.2, 0) is 14.8 Å². The van der Waals surface area contributed by atoms with E-state index in [1.54, 1.807) is 26.0 Å². The lowest BCUT2D eigenvalue weighted by atomic mass is 10.3. The van der Waals surface area contributed by atoms with Crippen molar-refractivity contribution in [2.45, 2.75) is 31.2 Å². The van der Waals surface area contributed by atoms with Gasteiger partial charge in [-0.2, -0.15) is 0 Å². The summed E-state index contributed by atoms with van der Waals surface area (Å²) in [5, 5.41) is 2.63. The highest BCUT2D eigenvalue weighted by atomic mass is 32.2. The van der Waals surface area contributed by atoms with E-state index in [-0.39, 0.29) is 35.6 Å². The number of benzene rings is 2. The average molecular weight is 380 g/mol. The van der Waals surface area contributed by atoms with Gasteiger partial charge in [-0.15, -0.1) is 0 Å². The minimum Gasteiger partial charge on any atom is -0.490 e. The fourth-order valence-corrected chi connectivity index (χ4v) is 3.39. The molecule has 0 unspecified atom stereocenters. The molecule has 140 valence electrons. The molecule has 0 heterocycles. The minimum absolute atomic E-state index is 0.0253. The van der Waals surface area contributed by atoms with E-state index in [2.05, 4.69) is 10.0 Å². The first-order valence-electron chi connectivity index (χ1n) is 8.07. The van der Waals surface area contributed by atoms with Gasteiger partial charge in [-0.3, -0.25) is 4.79 Å². The quantitative estimate of drug-likeness (QED) is 0.737. The molecule has 1 amide bonds. The third-order valence-electron chi connectivity index (χ3n) is 3.26. The van der Waals surface area contributed by atoms with Gasteiger partial charge in [-0.1, -0.05) is 12.1 Å². The summed E-state index contributed by atoms with van der Waals surface area (Å²) in [6.07, 6.45) is 0.0310. The Morgan fingerprint density at radius 2 is 1.77 bits per heavy atom. The maximum atomic E-state index is 13.4. The molecule has 8 heteroatoms. The average Bonchev–Trinajstić information content (AvgIpc) is 2.56. The molecule has 0 aliphatic rings. The zero-order chi connectivity index (χ0) is 19.2. The number of para-hydroxylation sites is 1. The Hall–Kier alpha value is -2.45. The van der Waals surface area contributed by atoms with Gasteiger partial charge in [-0.25, -0.2) is 17.5 Å². The Morgan fingerprint density at radius 3 is 2.38 bits per heavy atom. The lowest BCUT2D eigenvalue weighted by molar-refractivity contribution is -0.116. The van der Waals surface area contributed by atoms with Crippen LogP contribution in [0.5, 0.6) is 5.75 Å². The molecule has 2 aromatic rings. The van der Waals surface area contributed by atoms with E-state index in [0.717, 1.165) is 0 Å². The van der Waals surface area contributed by atoms with E-state index < -0.39 is 15.8 Å². The third kappa shape index (κ3) is 5.82. The Bertz CT molecular complexity index is 852. The van der Waals surface area contributed by atoms with E-state index in [4.69, 9.17) is 4.74 Å². The van der Waals surface area contributed by atoms with Gasteiger partial charge in [0.05, 0.1) is 17.9 Å². The smallest absolute Gasteiger partial charge is 0.240 e. The summed E-state index contributed by atoms with van der Waals surface area (Å²) < 4.78 is 45.2. The minimum atomic E-state index is -3.57. The molecule has 2 rings (SSSR count). The molecule has 0 saturated heterocycles. The predicted octanol–water partition coefficient (Wildman–Crippen LogP) is 2.92. The highest BCUT2D eigenvalue weighted by molar-refractivity contribution is 7.89. The number of amides is 1. The van der Waals surface area contributed by atoms with E-state index in [0.29, 0.717) is 5.69 Å². The maximum Gasteiger partial charge on any atom is 0.240 e. The molecule has 2 aromatic carbocycles. The van der Waals surface area contributed by atoms with Crippen molar-refractivity contribution in [3.05, 3.63) is 54.3 Å². The van der Waals surface area contributed by atoms with E-state index in [1.165, 1.54) is 36.4 Å². The molecule has 0 bridgehead atoms. The Balaban J connectivity index is 1.86. The standard InChI is InChI=1S/C18H21FN2O4S/c1-13(2)21-26(23,24)15-9-7-14(8-10-15)20-18(22)11-12-25-17-6-4-3-5-16(17)19/h3-10,13,21H,11-12H2,1-2H3,(H,20,22). The molecule has 0 aromatic heterocycles. The molecular weight excluding hydrogens is 359 g/mol. The summed E-state index contributed by atoms with van der Waals surface area (Å²) in [4.78, 5) is 12.0. The van der Waals surface area contributed by atoms with Gasteiger partial charge in [0.25, 0.3) is 0 Å². The first-order chi connectivity index (χ1) is 12.3. The van der Waals surface area contributed by atoms with Crippen LogP contribution in [0.2, 0.25) is 0 Å². The van der Waals surface area contributed by atoms with Crippen molar-refractivity contribution >= 4 is 21.6 Å². The number of hydrogen-bond acceptors (Lipinski definition) is 4. The second-order valence-electron chi connectivity index (χ2n) is 5.88. The number of sulfonamides is 1. The molecule has 26 heavy (non-hydrogen) atoms. The summed E-state index contributed by atoms with van der Waals surface area (Å²) in [5.41, 5.74) is 0.462. The molecule has 2 N–H and O–H groups in total. The number of carbonyl (C=O) groups excluding carboxylic acids is 1. The summed E-state index contributed by atoms with van der Waals surface area (Å²) in [5.74, 6) is -0.718. The van der Waals surface area contributed by atoms with Crippen molar-refractivity contribution in [1.29, 1.82) is 0 Å². The number of nitrogens with one attached hydrogen (secondary N) is 2. The number of carbonyl (C=O) groups is 1. The van der Waals surface area contributed by atoms with Gasteiger partial charge < -0.3 is 10.1 Å². The monoisotopic (exact) mass is 380 g/mol. The van der Waals surface area contributed by atoms with Crippen LogP contribution in [0.4, 0.5) is 10.1 Å². The molecule has 0 fully saturated rings. The molecule has 0 spiro atoms. The lowest BCUT2D eigenvalue weighted by Gasteiger charge is -2.11. The van der Waals surface area contributed by atoms with Crippen LogP contribution in [0.15, 0.2) is 53.4 Å². The predicted molar refractivity (Wildman–Crippen MR) is 97.0 cm³/mol. The van der Waals surface area contributed by atoms with Gasteiger partial charge in [0.2, 0.25) is 15.9 Å². The van der Waals surface area contributed by atoms with Gasteiger partial charge in [0, 0.05) is 11.7 Å². The van der Waals surface area contributed by atoms with Crippen molar-refractivity contribution < 1.29 is 22.3 Å². The van der Waals surface area contributed by atoms with Crippen LogP contribution >= 0.6 is 0 Å². The van der Waals surface area contributed by atoms with Crippen molar-refractivity contribution in [3.63, 3.8) is 0 Å². The normalized spacial score (nSPS) is 11.4. The summed E-state index contributed by atoms with van der Waals surface area (Å²) in [7, 11) is -3.57. The number of halogens is 1. The summed E-state index contributed by atoms with van der Waals surface area (Å²) in [6, 6.07) is 11.6. The zero-order valence-electron chi connectivity index (χ0n) is 14.5. The topological polar surface area (TPSA) is 84.5 Å². The largest absolute Gasteiger partial charge is 0.490 e. The summed E-state index contributed by atoms with van der Waals surface area (Å²) in [6.45, 7) is 3.49. The first kappa shape index (κ1) is 19.9. The van der Waals surface area contributed by atoms with Crippen molar-refractivity contribution in [2.75, 3.05) is 11.9 Å². The second-order valence-corrected chi connectivity index (χ2v) is 7.59. The fraction of sp³-hybridized carbons (Fsp3) is 0.278. The van der Waals surface area contributed by atoms with Gasteiger partial charge in [-0.05, 0) is 50.2 Å². The lowest BCUT2D eigenvalue weighted by Crippen LogP contribution is -2.30. The highest BCUT2D eigenvalue weighted by Gasteiger charge is 2.15. The van der Waals surface area contributed by atoms with E-state index >= 15 is 0 Å². The van der Waals surface area contributed by atoms with Crippen LogP contribution in [0.25, 0.3) is 0 Å². The Morgan fingerprint density at radius 1 is 1.12 bits per heavy atom. The molecular formula is C18H21FN2O4S. The van der Waals surface area contributed by atoms with Crippen LogP contribution in [-0.4, -0.2) is 27.0 Å². The number of rotatable bonds is 8. The Kier molecular flexibility index (Phi) is 6.70. The number of hydrogen-bond donors (Lipinski definition) is 2. The van der Waals surface area contributed by atoms with Gasteiger partial charge in [0.15, 0.2) is 11.6 Å². The number of ether oxygens (including phenoxy) is 1. The molecule has 0 aliphatic carbocycles. The third-order valence-corrected chi connectivity index (χ3v) is 4.94. The molecule has 0 aliphatic heterocycles. The van der Waals surface area contributed by atoms with Crippen LogP contribution in [0.1, 0.15) is 20.3 Å². The molecule has 0 saturated carbocycles. The Labute approximate surface area is 152 Å². The van der Waals surface area contributed by atoms with E-state index in [1.807, 2.05) is 0 Å². The van der Waals surface area contributed by atoms with Crippen molar-refractivity contribution in [2.24, 2.45) is 0 Å². The van der Waals surface area contributed by atoms with Crippen molar-refractivity contribution in [3.8, 4) is 5.75 Å². The van der Waals surface area contributed by atoms with E-state index in [9.17, 15) is 17.6 Å². The maximum absolute atomic E-state index is 13.4. The van der Waals surface area contributed by atoms with Crippen LogP contribution in [0.3, 0.4) is 0 Å².